The van der Waals surface area contributed by atoms with Gasteiger partial charge in [-0.25, -0.2) is 30.4 Å². The van der Waals surface area contributed by atoms with Crippen molar-refractivity contribution in [3.8, 4) is 12.1 Å². The molecule has 21 heavy (non-hydrogen) atoms. The average molecular weight is 325 g/mol. The van der Waals surface area contributed by atoms with E-state index in [1.165, 1.54) is 0 Å². The molecule has 1 atom stereocenters. The molecule has 0 bridgehead atoms. The quantitative estimate of drug-likeness (QED) is 0.363. The molecule has 1 rings (SSSR count). The van der Waals surface area contributed by atoms with Gasteiger partial charge < -0.3 is 4.55 Å². The highest BCUT2D eigenvalue weighted by atomic mass is 32.2. The average Bonchev–Trinajstić information content (AvgIpc) is 2.41. The van der Waals surface area contributed by atoms with Crippen LogP contribution in [0.15, 0.2) is 0 Å². The fourth-order valence-electron chi connectivity index (χ4n) is 1.51. The van der Waals surface area contributed by atoms with Gasteiger partial charge in [0.2, 0.25) is 5.82 Å². The van der Waals surface area contributed by atoms with Crippen LogP contribution in [0.3, 0.4) is 0 Å². The lowest BCUT2D eigenvalue weighted by atomic mass is 9.99. The Kier molecular flexibility index (Phi) is 4.51. The minimum atomic E-state index is -5.76. The maximum absolute atomic E-state index is 13.5. The van der Waals surface area contributed by atoms with Gasteiger partial charge in [0, 0.05) is 5.56 Å². The zero-order valence-corrected chi connectivity index (χ0v) is 10.4. The molecule has 0 heterocycles. The lowest BCUT2D eigenvalue weighted by Gasteiger charge is -2.22. The van der Waals surface area contributed by atoms with Crippen molar-refractivity contribution in [2.75, 3.05) is 0 Å². The van der Waals surface area contributed by atoms with Gasteiger partial charge in [0.1, 0.15) is 15.4 Å². The maximum atomic E-state index is 13.5. The number of nitriles is 2. The van der Waals surface area contributed by atoms with Crippen LogP contribution in [-0.4, -0.2) is 13.0 Å². The molecule has 0 radical (unpaired) electrons. The minimum absolute atomic E-state index is 0.953. The van der Waals surface area contributed by atoms with Gasteiger partial charge in [-0.05, 0) is 0 Å². The van der Waals surface area contributed by atoms with E-state index in [2.05, 4.69) is 0 Å². The molecule has 0 aliphatic rings. The Morgan fingerprint density at radius 2 is 1.19 bits per heavy atom. The molecular weight excluding hydrogens is 323 g/mol. The summed E-state index contributed by atoms with van der Waals surface area (Å²) in [7, 11) is -5.76. The highest BCUT2D eigenvalue weighted by Gasteiger charge is 2.38. The number of hydrogen-bond acceptors (Lipinski definition) is 5. The normalized spacial score (nSPS) is 12.8. The summed E-state index contributed by atoms with van der Waals surface area (Å²) in [6, 6.07) is 1.91. The summed E-state index contributed by atoms with van der Waals surface area (Å²) in [4.78, 5) is 0. The first-order chi connectivity index (χ1) is 9.57. The Bertz CT molecular complexity index is 738. The van der Waals surface area contributed by atoms with Crippen molar-refractivity contribution in [2.45, 2.75) is 5.25 Å². The second-order valence-electron chi connectivity index (χ2n) is 3.63. The minimum Gasteiger partial charge on any atom is -0.747 e. The first-order valence-corrected chi connectivity index (χ1v) is 6.30. The van der Waals surface area contributed by atoms with E-state index in [0.717, 1.165) is 12.1 Å². The molecular formula is C10H2F5N2O3S-. The van der Waals surface area contributed by atoms with Crippen molar-refractivity contribution in [3.63, 3.8) is 0 Å². The molecule has 0 aliphatic heterocycles. The van der Waals surface area contributed by atoms with E-state index in [9.17, 15) is 34.9 Å². The predicted molar refractivity (Wildman–Crippen MR) is 53.4 cm³/mol. The molecule has 0 fully saturated rings. The van der Waals surface area contributed by atoms with Gasteiger partial charge in [-0.3, -0.25) is 0 Å². The van der Waals surface area contributed by atoms with Gasteiger partial charge in [-0.2, -0.15) is 10.5 Å². The van der Waals surface area contributed by atoms with Crippen LogP contribution >= 0.6 is 0 Å². The first-order valence-electron chi connectivity index (χ1n) is 4.83. The van der Waals surface area contributed by atoms with E-state index in [1.54, 1.807) is 0 Å². The van der Waals surface area contributed by atoms with Gasteiger partial charge in [-0.1, -0.05) is 0 Å². The van der Waals surface area contributed by atoms with Crippen LogP contribution in [0.5, 0.6) is 0 Å². The summed E-state index contributed by atoms with van der Waals surface area (Å²) in [5.74, 6) is -15.2. The summed E-state index contributed by atoms with van der Waals surface area (Å²) in [6.45, 7) is 0. The van der Waals surface area contributed by atoms with Crippen molar-refractivity contribution in [1.29, 1.82) is 10.5 Å². The monoisotopic (exact) mass is 325 g/mol. The van der Waals surface area contributed by atoms with Crippen LogP contribution in [0.25, 0.3) is 0 Å². The third kappa shape index (κ3) is 2.79. The molecule has 0 amide bonds. The fraction of sp³-hybridized carbons (Fsp3) is 0.200. The molecule has 0 saturated heterocycles. The highest BCUT2D eigenvalue weighted by molar-refractivity contribution is 7.86. The number of hydrogen-bond donors (Lipinski definition) is 0. The molecule has 5 nitrogen and oxygen atoms in total. The zero-order valence-electron chi connectivity index (χ0n) is 9.57. The van der Waals surface area contributed by atoms with Crippen LogP contribution < -0.4 is 0 Å². The van der Waals surface area contributed by atoms with Crippen molar-refractivity contribution in [2.24, 2.45) is 5.92 Å². The second kappa shape index (κ2) is 5.63. The molecule has 0 aliphatic carbocycles. The van der Waals surface area contributed by atoms with Gasteiger partial charge in [-0.15, -0.1) is 0 Å². The molecule has 1 aromatic carbocycles. The number of rotatable bonds is 3. The van der Waals surface area contributed by atoms with E-state index in [-0.39, 0.29) is 0 Å². The van der Waals surface area contributed by atoms with Crippen LogP contribution in [-0.2, 0) is 10.1 Å². The molecule has 1 aromatic rings. The van der Waals surface area contributed by atoms with Crippen molar-refractivity contribution in [3.05, 3.63) is 34.6 Å². The number of halogens is 5. The Morgan fingerprint density at radius 1 is 0.857 bits per heavy atom. The van der Waals surface area contributed by atoms with Gasteiger partial charge in [0.15, 0.2) is 29.2 Å². The smallest absolute Gasteiger partial charge is 0.200 e. The highest BCUT2D eigenvalue weighted by Crippen LogP contribution is 2.36. The van der Waals surface area contributed by atoms with Gasteiger partial charge >= 0.3 is 0 Å². The molecule has 1 unspecified atom stereocenters. The van der Waals surface area contributed by atoms with E-state index < -0.39 is 55.9 Å². The van der Waals surface area contributed by atoms with Gasteiger partial charge in [0.05, 0.1) is 12.1 Å². The van der Waals surface area contributed by atoms with Crippen LogP contribution in [0.2, 0.25) is 0 Å². The van der Waals surface area contributed by atoms with E-state index in [4.69, 9.17) is 10.5 Å². The standard InChI is InChI=1S/C10H3F5N2O3S/c11-5-4(6(12)8(14)9(15)7(5)13)10(21(18,19)20)3(1-16)2-17/h3,10H,(H,18,19,20)/p-1. The Morgan fingerprint density at radius 3 is 1.48 bits per heavy atom. The van der Waals surface area contributed by atoms with Crippen molar-refractivity contribution >= 4 is 10.1 Å². The maximum Gasteiger partial charge on any atom is 0.200 e. The molecule has 112 valence electrons. The van der Waals surface area contributed by atoms with E-state index >= 15 is 0 Å². The Labute approximate surface area is 114 Å². The summed E-state index contributed by atoms with van der Waals surface area (Å²) >= 11 is 0. The van der Waals surface area contributed by atoms with Crippen LogP contribution in [0, 0.1) is 57.7 Å². The summed E-state index contributed by atoms with van der Waals surface area (Å²) in [5, 5.41) is 14.0. The Hall–Kier alpha value is -2.24. The molecule has 0 N–H and O–H groups in total. The summed E-state index contributed by atoms with van der Waals surface area (Å²) in [6.07, 6.45) is 0. The summed E-state index contributed by atoms with van der Waals surface area (Å²) in [5.41, 5.74) is -2.03. The topological polar surface area (TPSA) is 105 Å². The number of nitrogens with zero attached hydrogens (tertiary/aromatic N) is 2. The summed E-state index contributed by atoms with van der Waals surface area (Å²) < 4.78 is 98.7. The van der Waals surface area contributed by atoms with Gasteiger partial charge in [0.25, 0.3) is 0 Å². The van der Waals surface area contributed by atoms with E-state index in [1.807, 2.05) is 0 Å². The third-order valence-corrected chi connectivity index (χ3v) is 3.55. The largest absolute Gasteiger partial charge is 0.747 e. The van der Waals surface area contributed by atoms with Crippen molar-refractivity contribution in [1.82, 2.24) is 0 Å². The third-order valence-electron chi connectivity index (χ3n) is 2.42. The lowest BCUT2D eigenvalue weighted by molar-refractivity contribution is 0.362. The molecule has 0 saturated carbocycles. The van der Waals surface area contributed by atoms with Crippen LogP contribution in [0.4, 0.5) is 22.0 Å². The molecule has 0 spiro atoms. The first kappa shape index (κ1) is 16.8. The predicted octanol–water partition coefficient (Wildman–Crippen LogP) is 1.63. The van der Waals surface area contributed by atoms with Crippen molar-refractivity contribution < 1.29 is 34.9 Å². The SMILES string of the molecule is N#CC(C#N)C(c1c(F)c(F)c(F)c(F)c1F)S(=O)(=O)[O-]. The zero-order chi connectivity index (χ0) is 16.5. The molecule has 11 heteroatoms. The second-order valence-corrected chi connectivity index (χ2v) is 5.13. The molecule has 0 aromatic heterocycles. The number of benzene rings is 1. The Balaban J connectivity index is 3.87. The van der Waals surface area contributed by atoms with E-state index in [0.29, 0.717) is 0 Å². The van der Waals surface area contributed by atoms with Crippen LogP contribution in [0.1, 0.15) is 10.8 Å². The fourth-order valence-corrected chi connectivity index (χ4v) is 2.46. The lowest BCUT2D eigenvalue weighted by Crippen LogP contribution is -2.24.